The molecule has 1 N–H and O–H groups in total. The Bertz CT molecular complexity index is 748. The average molecular weight is 359 g/mol. The summed E-state index contributed by atoms with van der Waals surface area (Å²) in [7, 11) is 0. The van der Waals surface area contributed by atoms with Gasteiger partial charge >= 0.3 is 5.97 Å². The van der Waals surface area contributed by atoms with Crippen molar-refractivity contribution in [3.8, 4) is 5.75 Å². The van der Waals surface area contributed by atoms with Gasteiger partial charge in [-0.15, -0.1) is 0 Å². The van der Waals surface area contributed by atoms with E-state index in [0.29, 0.717) is 18.7 Å². The van der Waals surface area contributed by atoms with E-state index in [-0.39, 0.29) is 25.3 Å². The third-order valence-corrected chi connectivity index (χ3v) is 3.60. The van der Waals surface area contributed by atoms with Crippen LogP contribution in [0.15, 0.2) is 48.5 Å². The maximum absolute atomic E-state index is 13.4. The van der Waals surface area contributed by atoms with Crippen LogP contribution in [-0.2, 0) is 20.7 Å². The zero-order valence-corrected chi connectivity index (χ0v) is 14.7. The summed E-state index contributed by atoms with van der Waals surface area (Å²) in [5.74, 6) is -0.568. The predicted molar refractivity (Wildman–Crippen MR) is 95.4 cm³/mol. The van der Waals surface area contributed by atoms with Gasteiger partial charge in [-0.1, -0.05) is 30.3 Å². The van der Waals surface area contributed by atoms with Gasteiger partial charge in [0.25, 0.3) is 5.91 Å². The molecule has 0 aromatic heterocycles. The van der Waals surface area contributed by atoms with E-state index < -0.39 is 11.9 Å². The Kier molecular flexibility index (Phi) is 7.61. The van der Waals surface area contributed by atoms with Crippen LogP contribution in [0.3, 0.4) is 0 Å². The van der Waals surface area contributed by atoms with E-state index in [4.69, 9.17) is 9.47 Å². The van der Waals surface area contributed by atoms with Gasteiger partial charge < -0.3 is 14.8 Å². The number of esters is 1. The summed E-state index contributed by atoms with van der Waals surface area (Å²) in [6.45, 7) is 2.23. The van der Waals surface area contributed by atoms with Crippen molar-refractivity contribution in [3.63, 3.8) is 0 Å². The van der Waals surface area contributed by atoms with Gasteiger partial charge in [0, 0.05) is 6.42 Å². The average Bonchev–Trinajstić information content (AvgIpc) is 2.63. The van der Waals surface area contributed by atoms with E-state index in [1.54, 1.807) is 18.2 Å². The number of hydrogen-bond donors (Lipinski definition) is 1. The van der Waals surface area contributed by atoms with E-state index in [9.17, 15) is 14.0 Å². The van der Waals surface area contributed by atoms with Gasteiger partial charge in [-0.05, 0) is 42.7 Å². The molecule has 26 heavy (non-hydrogen) atoms. The van der Waals surface area contributed by atoms with E-state index in [0.717, 1.165) is 11.3 Å². The number of rotatable bonds is 9. The van der Waals surface area contributed by atoms with Crippen LogP contribution < -0.4 is 10.1 Å². The van der Waals surface area contributed by atoms with Crippen molar-refractivity contribution in [2.75, 3.05) is 19.8 Å². The highest BCUT2D eigenvalue weighted by Crippen LogP contribution is 2.11. The minimum absolute atomic E-state index is 0.0185. The molecular formula is C20H22FNO4. The van der Waals surface area contributed by atoms with Crippen LogP contribution in [0, 0.1) is 12.7 Å². The van der Waals surface area contributed by atoms with Gasteiger partial charge in [-0.3, -0.25) is 9.59 Å². The molecule has 5 nitrogen and oxygen atoms in total. The lowest BCUT2D eigenvalue weighted by Gasteiger charge is -2.09. The van der Waals surface area contributed by atoms with E-state index >= 15 is 0 Å². The van der Waals surface area contributed by atoms with Crippen LogP contribution in [0.2, 0.25) is 0 Å². The molecule has 0 heterocycles. The fraction of sp³-hybridized carbons (Fsp3) is 0.300. The Morgan fingerprint density at radius 1 is 1.12 bits per heavy atom. The predicted octanol–water partition coefficient (Wildman–Crippen LogP) is 2.81. The second-order valence-electron chi connectivity index (χ2n) is 5.77. The molecule has 138 valence electrons. The Labute approximate surface area is 152 Å². The van der Waals surface area contributed by atoms with Gasteiger partial charge in [0.05, 0.1) is 6.54 Å². The number of carbonyl (C=O) groups is 2. The number of amides is 1. The number of carbonyl (C=O) groups excluding carboxylic acids is 2. The van der Waals surface area contributed by atoms with Crippen molar-refractivity contribution in [3.05, 3.63) is 65.5 Å². The Morgan fingerprint density at radius 2 is 1.92 bits per heavy atom. The van der Waals surface area contributed by atoms with Gasteiger partial charge in [0.15, 0.2) is 6.61 Å². The van der Waals surface area contributed by atoms with Crippen molar-refractivity contribution >= 4 is 11.9 Å². The number of benzene rings is 2. The summed E-state index contributed by atoms with van der Waals surface area (Å²) >= 11 is 0. The van der Waals surface area contributed by atoms with Crippen LogP contribution in [-0.4, -0.2) is 31.6 Å². The van der Waals surface area contributed by atoms with Gasteiger partial charge in [0.2, 0.25) is 0 Å². The minimum Gasteiger partial charge on any atom is -0.492 e. The Hall–Kier alpha value is -2.89. The first kappa shape index (κ1) is 19.4. The third-order valence-electron chi connectivity index (χ3n) is 3.60. The van der Waals surface area contributed by atoms with Crippen LogP contribution in [0.1, 0.15) is 17.5 Å². The largest absolute Gasteiger partial charge is 0.492 e. The molecule has 0 saturated heterocycles. The van der Waals surface area contributed by atoms with Crippen LogP contribution in [0.5, 0.6) is 5.75 Å². The molecule has 2 rings (SSSR count). The fourth-order valence-electron chi connectivity index (χ4n) is 2.27. The SMILES string of the molecule is Cc1cccc(OCCNC(=O)COC(=O)CCc2ccccc2F)c1. The molecule has 0 aliphatic carbocycles. The zero-order chi connectivity index (χ0) is 18.8. The smallest absolute Gasteiger partial charge is 0.306 e. The molecule has 0 aliphatic rings. The molecule has 0 unspecified atom stereocenters. The molecular weight excluding hydrogens is 337 g/mol. The zero-order valence-electron chi connectivity index (χ0n) is 14.7. The number of ether oxygens (including phenoxy) is 2. The number of halogens is 1. The van der Waals surface area contributed by atoms with Gasteiger partial charge in [-0.2, -0.15) is 0 Å². The minimum atomic E-state index is -0.542. The highest BCUT2D eigenvalue weighted by Gasteiger charge is 2.09. The molecule has 0 atom stereocenters. The lowest BCUT2D eigenvalue weighted by atomic mass is 10.1. The molecule has 2 aromatic rings. The molecule has 0 radical (unpaired) electrons. The van der Waals surface area contributed by atoms with E-state index in [1.807, 2.05) is 31.2 Å². The molecule has 0 saturated carbocycles. The van der Waals surface area contributed by atoms with Crippen LogP contribution >= 0.6 is 0 Å². The van der Waals surface area contributed by atoms with E-state index in [2.05, 4.69) is 5.32 Å². The quantitative estimate of drug-likeness (QED) is 0.552. The maximum atomic E-state index is 13.4. The lowest BCUT2D eigenvalue weighted by molar-refractivity contribution is -0.148. The van der Waals surface area contributed by atoms with Crippen molar-refractivity contribution in [2.24, 2.45) is 0 Å². The number of aryl methyl sites for hydroxylation is 2. The topological polar surface area (TPSA) is 64.6 Å². The normalized spacial score (nSPS) is 10.2. The van der Waals surface area contributed by atoms with Crippen molar-refractivity contribution in [1.82, 2.24) is 5.32 Å². The van der Waals surface area contributed by atoms with Crippen LogP contribution in [0.25, 0.3) is 0 Å². The molecule has 2 aromatic carbocycles. The first-order valence-electron chi connectivity index (χ1n) is 8.40. The molecule has 0 bridgehead atoms. The van der Waals surface area contributed by atoms with Gasteiger partial charge in [-0.25, -0.2) is 4.39 Å². The summed E-state index contributed by atoms with van der Waals surface area (Å²) < 4.78 is 23.8. The highest BCUT2D eigenvalue weighted by molar-refractivity contribution is 5.80. The Balaban J connectivity index is 1.58. The standard InChI is InChI=1S/C20H22FNO4/c1-15-5-4-7-17(13-15)25-12-11-22-19(23)14-26-20(24)10-9-16-6-2-3-8-18(16)21/h2-8,13H,9-12,14H2,1H3,(H,22,23). The summed E-state index contributed by atoms with van der Waals surface area (Å²) in [6.07, 6.45) is 0.252. The molecule has 0 fully saturated rings. The summed E-state index contributed by atoms with van der Waals surface area (Å²) in [5.41, 5.74) is 1.54. The van der Waals surface area contributed by atoms with E-state index in [1.165, 1.54) is 6.07 Å². The molecule has 1 amide bonds. The number of hydrogen-bond acceptors (Lipinski definition) is 4. The highest BCUT2D eigenvalue weighted by atomic mass is 19.1. The molecule has 0 spiro atoms. The number of nitrogens with one attached hydrogen (secondary N) is 1. The van der Waals surface area contributed by atoms with Gasteiger partial charge in [0.1, 0.15) is 18.2 Å². The maximum Gasteiger partial charge on any atom is 0.306 e. The lowest BCUT2D eigenvalue weighted by Crippen LogP contribution is -2.32. The second-order valence-corrected chi connectivity index (χ2v) is 5.77. The summed E-state index contributed by atoms with van der Waals surface area (Å²) in [4.78, 5) is 23.3. The van der Waals surface area contributed by atoms with Crippen LogP contribution in [0.4, 0.5) is 4.39 Å². The third kappa shape index (κ3) is 6.93. The fourth-order valence-corrected chi connectivity index (χ4v) is 2.27. The van der Waals surface area contributed by atoms with Crippen molar-refractivity contribution in [1.29, 1.82) is 0 Å². The van der Waals surface area contributed by atoms with Crippen molar-refractivity contribution < 1.29 is 23.5 Å². The molecule has 0 aliphatic heterocycles. The van der Waals surface area contributed by atoms with Crippen molar-refractivity contribution in [2.45, 2.75) is 19.8 Å². The Morgan fingerprint density at radius 3 is 2.69 bits per heavy atom. The first-order valence-corrected chi connectivity index (χ1v) is 8.40. The second kappa shape index (κ2) is 10.2. The summed E-state index contributed by atoms with van der Waals surface area (Å²) in [5, 5.41) is 2.60. The molecule has 6 heteroatoms. The summed E-state index contributed by atoms with van der Waals surface area (Å²) in [6, 6.07) is 13.8. The monoisotopic (exact) mass is 359 g/mol. The first-order chi connectivity index (χ1) is 12.5.